The third-order valence-corrected chi connectivity index (χ3v) is 3.77. The van der Waals surface area contributed by atoms with Gasteiger partial charge in [-0.2, -0.15) is 0 Å². The maximum absolute atomic E-state index is 4.85. The molecule has 2 rings (SSSR count). The molecule has 0 saturated heterocycles. The predicted molar refractivity (Wildman–Crippen MR) is 89.0 cm³/mol. The molecular formula is C17H19BrN2. The molecule has 0 unspecified atom stereocenters. The van der Waals surface area contributed by atoms with E-state index in [1.54, 1.807) is 0 Å². The number of hydrogen-bond acceptors (Lipinski definition) is 2. The fraction of sp³-hybridized carbons (Fsp3) is 0.294. The highest BCUT2D eigenvalue weighted by molar-refractivity contribution is 9.10. The van der Waals surface area contributed by atoms with Crippen LogP contribution in [0.3, 0.4) is 0 Å². The number of nitrogens with zero attached hydrogens (tertiary/aromatic N) is 2. The van der Waals surface area contributed by atoms with Gasteiger partial charge < -0.3 is 0 Å². The zero-order valence-electron chi connectivity index (χ0n) is 12.2. The van der Waals surface area contributed by atoms with E-state index in [1.807, 2.05) is 25.1 Å². The van der Waals surface area contributed by atoms with E-state index in [-0.39, 0.29) is 0 Å². The Bertz CT molecular complexity index is 610. The molecule has 0 aliphatic heterocycles. The van der Waals surface area contributed by atoms with Crippen LogP contribution in [0, 0.1) is 0 Å². The van der Waals surface area contributed by atoms with Crippen molar-refractivity contribution in [1.29, 1.82) is 0 Å². The summed E-state index contributed by atoms with van der Waals surface area (Å²) in [4.78, 5) is 9.31. The van der Waals surface area contributed by atoms with Gasteiger partial charge in [-0.05, 0) is 59.0 Å². The van der Waals surface area contributed by atoms with Gasteiger partial charge in [-0.1, -0.05) is 38.1 Å². The Hall–Kier alpha value is -1.48. The second-order valence-electron chi connectivity index (χ2n) is 4.67. The van der Waals surface area contributed by atoms with Crippen molar-refractivity contribution in [3.63, 3.8) is 0 Å². The lowest BCUT2D eigenvalue weighted by Gasteiger charge is -2.10. The molecule has 2 aromatic rings. The standard InChI is InChI=1S/C17H19BrN2/c1-4-13-8-6-9-14(5-2)17(13)19-12(3)15-10-7-11-16(18)20-15/h6-11H,4-5H2,1-3H3/b19-12-. The lowest BCUT2D eigenvalue weighted by atomic mass is 10.0. The molecule has 20 heavy (non-hydrogen) atoms. The van der Waals surface area contributed by atoms with Crippen molar-refractivity contribution in [2.45, 2.75) is 33.6 Å². The Morgan fingerprint density at radius 3 is 2.20 bits per heavy atom. The van der Waals surface area contributed by atoms with Gasteiger partial charge in [0.2, 0.25) is 0 Å². The normalized spacial score (nSPS) is 11.7. The van der Waals surface area contributed by atoms with Crippen molar-refractivity contribution in [3.05, 3.63) is 57.8 Å². The van der Waals surface area contributed by atoms with Crippen LogP contribution >= 0.6 is 15.9 Å². The highest BCUT2D eigenvalue weighted by Crippen LogP contribution is 2.26. The number of aromatic nitrogens is 1. The molecule has 3 heteroatoms. The van der Waals surface area contributed by atoms with E-state index in [0.717, 1.165) is 34.5 Å². The molecule has 2 nitrogen and oxygen atoms in total. The summed E-state index contributed by atoms with van der Waals surface area (Å²) in [6.45, 7) is 6.35. The van der Waals surface area contributed by atoms with Crippen LogP contribution in [0.15, 0.2) is 46.0 Å². The number of halogens is 1. The van der Waals surface area contributed by atoms with Gasteiger partial charge in [0.15, 0.2) is 0 Å². The first kappa shape index (κ1) is 14.9. The third-order valence-electron chi connectivity index (χ3n) is 3.33. The quantitative estimate of drug-likeness (QED) is 0.564. The zero-order valence-corrected chi connectivity index (χ0v) is 13.7. The zero-order chi connectivity index (χ0) is 14.5. The van der Waals surface area contributed by atoms with Gasteiger partial charge in [0.05, 0.1) is 17.1 Å². The van der Waals surface area contributed by atoms with E-state index in [2.05, 4.69) is 53.0 Å². The summed E-state index contributed by atoms with van der Waals surface area (Å²) in [7, 11) is 0. The Balaban J connectivity index is 2.49. The molecule has 0 aliphatic rings. The molecule has 0 amide bonds. The summed E-state index contributed by atoms with van der Waals surface area (Å²) in [5.41, 5.74) is 5.54. The van der Waals surface area contributed by atoms with E-state index in [1.165, 1.54) is 11.1 Å². The molecule has 1 heterocycles. The number of pyridine rings is 1. The van der Waals surface area contributed by atoms with E-state index in [0.29, 0.717) is 0 Å². The van der Waals surface area contributed by atoms with Crippen LogP contribution in [0.2, 0.25) is 0 Å². The Morgan fingerprint density at radius 2 is 1.65 bits per heavy atom. The monoisotopic (exact) mass is 330 g/mol. The van der Waals surface area contributed by atoms with Gasteiger partial charge in [-0.15, -0.1) is 0 Å². The highest BCUT2D eigenvalue weighted by atomic mass is 79.9. The first-order valence-electron chi connectivity index (χ1n) is 6.94. The average Bonchev–Trinajstić information content (AvgIpc) is 2.47. The topological polar surface area (TPSA) is 25.2 Å². The second kappa shape index (κ2) is 6.80. The largest absolute Gasteiger partial charge is 0.251 e. The molecule has 0 spiro atoms. The highest BCUT2D eigenvalue weighted by Gasteiger charge is 2.07. The first-order valence-corrected chi connectivity index (χ1v) is 7.74. The number of para-hydroxylation sites is 1. The van der Waals surface area contributed by atoms with Crippen molar-refractivity contribution in [2.75, 3.05) is 0 Å². The summed E-state index contributed by atoms with van der Waals surface area (Å²) >= 11 is 3.41. The van der Waals surface area contributed by atoms with Crippen LogP contribution in [-0.2, 0) is 12.8 Å². The molecule has 0 fully saturated rings. The third kappa shape index (κ3) is 3.34. The summed E-state index contributed by atoms with van der Waals surface area (Å²) < 4.78 is 0.837. The molecule has 0 bridgehead atoms. The van der Waals surface area contributed by atoms with Crippen molar-refractivity contribution in [1.82, 2.24) is 4.98 Å². The molecule has 0 N–H and O–H groups in total. The maximum Gasteiger partial charge on any atom is 0.106 e. The fourth-order valence-electron chi connectivity index (χ4n) is 2.19. The summed E-state index contributed by atoms with van der Waals surface area (Å²) in [5, 5.41) is 0. The van der Waals surface area contributed by atoms with Gasteiger partial charge >= 0.3 is 0 Å². The van der Waals surface area contributed by atoms with E-state index in [4.69, 9.17) is 4.99 Å². The minimum Gasteiger partial charge on any atom is -0.251 e. The molecule has 0 saturated carbocycles. The van der Waals surface area contributed by atoms with Gasteiger partial charge in [0, 0.05) is 0 Å². The van der Waals surface area contributed by atoms with E-state index >= 15 is 0 Å². The molecule has 1 aromatic carbocycles. The summed E-state index contributed by atoms with van der Waals surface area (Å²) in [6, 6.07) is 12.3. The van der Waals surface area contributed by atoms with Crippen LogP contribution in [0.25, 0.3) is 0 Å². The van der Waals surface area contributed by atoms with E-state index < -0.39 is 0 Å². The maximum atomic E-state index is 4.85. The fourth-order valence-corrected chi connectivity index (χ4v) is 2.54. The number of aliphatic imine (C=N–C) groups is 1. The molecule has 0 atom stereocenters. The number of aryl methyl sites for hydroxylation is 2. The van der Waals surface area contributed by atoms with Gasteiger partial charge in [-0.3, -0.25) is 4.99 Å². The van der Waals surface area contributed by atoms with Crippen molar-refractivity contribution < 1.29 is 0 Å². The summed E-state index contributed by atoms with van der Waals surface area (Å²) in [5.74, 6) is 0. The predicted octanol–water partition coefficient (Wildman–Crippen LogP) is 5.11. The van der Waals surface area contributed by atoms with Crippen molar-refractivity contribution in [2.24, 2.45) is 4.99 Å². The van der Waals surface area contributed by atoms with Crippen LogP contribution in [0.4, 0.5) is 5.69 Å². The Kier molecular flexibility index (Phi) is 5.07. The van der Waals surface area contributed by atoms with Gasteiger partial charge in [0.1, 0.15) is 4.60 Å². The average molecular weight is 331 g/mol. The smallest absolute Gasteiger partial charge is 0.106 e. The lowest BCUT2D eigenvalue weighted by molar-refractivity contribution is 1.08. The van der Waals surface area contributed by atoms with Crippen molar-refractivity contribution >= 4 is 27.3 Å². The van der Waals surface area contributed by atoms with Gasteiger partial charge in [0.25, 0.3) is 0 Å². The second-order valence-corrected chi connectivity index (χ2v) is 5.49. The summed E-state index contributed by atoms with van der Waals surface area (Å²) in [6.07, 6.45) is 1.98. The van der Waals surface area contributed by atoms with Crippen molar-refractivity contribution in [3.8, 4) is 0 Å². The minimum atomic E-state index is 0.837. The van der Waals surface area contributed by atoms with Crippen LogP contribution in [-0.4, -0.2) is 10.7 Å². The molecule has 104 valence electrons. The SMILES string of the molecule is CCc1cccc(CC)c1/N=C(/C)c1cccc(Br)n1. The molecule has 0 radical (unpaired) electrons. The Morgan fingerprint density at radius 1 is 1.05 bits per heavy atom. The van der Waals surface area contributed by atoms with Crippen LogP contribution in [0.1, 0.15) is 37.6 Å². The lowest BCUT2D eigenvalue weighted by Crippen LogP contribution is -1.99. The number of hydrogen-bond donors (Lipinski definition) is 0. The Labute approximate surface area is 129 Å². The number of rotatable bonds is 4. The van der Waals surface area contributed by atoms with Crippen LogP contribution < -0.4 is 0 Å². The number of benzene rings is 1. The molecule has 1 aromatic heterocycles. The first-order chi connectivity index (χ1) is 9.65. The molecule has 0 aliphatic carbocycles. The van der Waals surface area contributed by atoms with E-state index in [9.17, 15) is 0 Å². The van der Waals surface area contributed by atoms with Crippen LogP contribution in [0.5, 0.6) is 0 Å². The van der Waals surface area contributed by atoms with Gasteiger partial charge in [-0.25, -0.2) is 4.98 Å². The minimum absolute atomic E-state index is 0.837. The molecular weight excluding hydrogens is 312 g/mol.